The normalized spacial score (nSPS) is 29.2. The summed E-state index contributed by atoms with van der Waals surface area (Å²) in [6.45, 7) is 14.6. The molecule has 5 nitrogen and oxygen atoms in total. The summed E-state index contributed by atoms with van der Waals surface area (Å²) in [5.74, 6) is 3.28. The van der Waals surface area contributed by atoms with Gasteiger partial charge in [-0.05, 0) is 38.1 Å². The van der Waals surface area contributed by atoms with E-state index in [2.05, 4.69) is 52.7 Å². The number of rotatable bonds is 4. The zero-order chi connectivity index (χ0) is 14.3. The molecule has 1 N–H and O–H groups in total. The second kappa shape index (κ2) is 5.11. The van der Waals surface area contributed by atoms with E-state index in [-0.39, 0.29) is 5.54 Å². The minimum Gasteiger partial charge on any atom is -0.316 e. The van der Waals surface area contributed by atoms with E-state index < -0.39 is 0 Å². The van der Waals surface area contributed by atoms with Gasteiger partial charge in [-0.3, -0.25) is 4.90 Å². The van der Waals surface area contributed by atoms with E-state index >= 15 is 0 Å². The van der Waals surface area contributed by atoms with Crippen LogP contribution in [0.4, 0.5) is 0 Å². The Balaban J connectivity index is 1.74. The first-order valence-electron chi connectivity index (χ1n) is 7.81. The molecular weight excluding hydrogens is 250 g/mol. The predicted molar refractivity (Wildman–Crippen MR) is 79.2 cm³/mol. The molecule has 20 heavy (non-hydrogen) atoms. The second-order valence-electron chi connectivity index (χ2n) is 7.31. The zero-order valence-corrected chi connectivity index (χ0v) is 13.1. The maximum Gasteiger partial charge on any atom is 0.141 e. The third-order valence-electron chi connectivity index (χ3n) is 5.08. The average molecular weight is 277 g/mol. The van der Waals surface area contributed by atoms with Gasteiger partial charge in [0.1, 0.15) is 12.2 Å². The van der Waals surface area contributed by atoms with E-state index in [0.717, 1.165) is 37.3 Å². The summed E-state index contributed by atoms with van der Waals surface area (Å²) in [6, 6.07) is 0. The standard InChI is InChI=1S/C15H27N5/c1-11(2)7-20-14(17-10-18-20)9-19-8-12-5-16-6-13(12)15(19,3)4/h10-13,16H,5-9H2,1-4H3. The molecule has 2 aliphatic heterocycles. The highest BCUT2D eigenvalue weighted by Crippen LogP contribution is 2.41. The number of hydrogen-bond donors (Lipinski definition) is 1. The number of aromatic nitrogens is 3. The van der Waals surface area contributed by atoms with Gasteiger partial charge < -0.3 is 5.32 Å². The van der Waals surface area contributed by atoms with Gasteiger partial charge in [0.2, 0.25) is 0 Å². The molecule has 1 aromatic rings. The van der Waals surface area contributed by atoms with Gasteiger partial charge >= 0.3 is 0 Å². The second-order valence-corrected chi connectivity index (χ2v) is 7.31. The lowest BCUT2D eigenvalue weighted by Gasteiger charge is -2.35. The summed E-state index contributed by atoms with van der Waals surface area (Å²) in [7, 11) is 0. The molecule has 5 heteroatoms. The molecule has 2 unspecified atom stereocenters. The molecule has 2 atom stereocenters. The fourth-order valence-electron chi connectivity index (χ4n) is 3.85. The first-order valence-corrected chi connectivity index (χ1v) is 7.81. The zero-order valence-electron chi connectivity index (χ0n) is 13.1. The molecule has 2 aliphatic rings. The van der Waals surface area contributed by atoms with Gasteiger partial charge in [0.25, 0.3) is 0 Å². The smallest absolute Gasteiger partial charge is 0.141 e. The van der Waals surface area contributed by atoms with Gasteiger partial charge in [-0.2, -0.15) is 5.10 Å². The van der Waals surface area contributed by atoms with Gasteiger partial charge in [-0.1, -0.05) is 13.8 Å². The Labute approximate surface area is 121 Å². The Bertz CT molecular complexity index is 465. The summed E-state index contributed by atoms with van der Waals surface area (Å²) in [6.07, 6.45) is 1.70. The Kier molecular flexibility index (Phi) is 3.58. The summed E-state index contributed by atoms with van der Waals surface area (Å²) in [5.41, 5.74) is 0.253. The van der Waals surface area contributed by atoms with Gasteiger partial charge in [-0.25, -0.2) is 9.67 Å². The lowest BCUT2D eigenvalue weighted by atomic mass is 9.85. The molecule has 0 aliphatic carbocycles. The minimum absolute atomic E-state index is 0.253. The number of nitrogens with zero attached hydrogens (tertiary/aromatic N) is 4. The first kappa shape index (κ1) is 14.0. The molecule has 0 radical (unpaired) electrons. The van der Waals surface area contributed by atoms with Crippen molar-refractivity contribution < 1.29 is 0 Å². The van der Waals surface area contributed by atoms with Crippen molar-refractivity contribution in [2.45, 2.75) is 46.3 Å². The van der Waals surface area contributed by atoms with Crippen LogP contribution in [0.1, 0.15) is 33.5 Å². The van der Waals surface area contributed by atoms with E-state index in [9.17, 15) is 0 Å². The lowest BCUT2D eigenvalue weighted by Crippen LogP contribution is -2.44. The van der Waals surface area contributed by atoms with Crippen molar-refractivity contribution in [3.63, 3.8) is 0 Å². The predicted octanol–water partition coefficient (Wildman–Crippen LogP) is 1.36. The van der Waals surface area contributed by atoms with Crippen LogP contribution in [0.5, 0.6) is 0 Å². The van der Waals surface area contributed by atoms with Gasteiger partial charge in [0.15, 0.2) is 0 Å². The Morgan fingerprint density at radius 2 is 2.20 bits per heavy atom. The Hall–Kier alpha value is -0.940. The number of hydrogen-bond acceptors (Lipinski definition) is 4. The van der Waals surface area contributed by atoms with Gasteiger partial charge in [-0.15, -0.1) is 0 Å². The average Bonchev–Trinajstić information content (AvgIpc) is 3.01. The monoisotopic (exact) mass is 277 g/mol. The van der Waals surface area contributed by atoms with E-state index in [1.807, 2.05) is 0 Å². The molecule has 0 spiro atoms. The van der Waals surface area contributed by atoms with Crippen molar-refractivity contribution in [3.05, 3.63) is 12.2 Å². The van der Waals surface area contributed by atoms with Crippen molar-refractivity contribution in [2.24, 2.45) is 17.8 Å². The van der Waals surface area contributed by atoms with Gasteiger partial charge in [0, 0.05) is 25.2 Å². The molecule has 0 saturated carbocycles. The minimum atomic E-state index is 0.253. The topological polar surface area (TPSA) is 46.0 Å². The molecule has 0 bridgehead atoms. The Morgan fingerprint density at radius 3 is 2.90 bits per heavy atom. The molecule has 1 aromatic heterocycles. The van der Waals surface area contributed by atoms with E-state index in [1.54, 1.807) is 6.33 Å². The molecule has 112 valence electrons. The summed E-state index contributed by atoms with van der Waals surface area (Å²) >= 11 is 0. The first-order chi connectivity index (χ1) is 9.48. The fourth-order valence-corrected chi connectivity index (χ4v) is 3.85. The fraction of sp³-hybridized carbons (Fsp3) is 0.867. The van der Waals surface area contributed by atoms with Crippen LogP contribution in [-0.2, 0) is 13.1 Å². The van der Waals surface area contributed by atoms with Crippen LogP contribution in [0, 0.1) is 17.8 Å². The van der Waals surface area contributed by atoms with Crippen LogP contribution < -0.4 is 5.32 Å². The van der Waals surface area contributed by atoms with Crippen molar-refractivity contribution in [2.75, 3.05) is 19.6 Å². The molecule has 2 fully saturated rings. The van der Waals surface area contributed by atoms with Gasteiger partial charge in [0.05, 0.1) is 6.54 Å². The molecule has 3 heterocycles. The lowest BCUT2D eigenvalue weighted by molar-refractivity contribution is 0.126. The van der Waals surface area contributed by atoms with Crippen LogP contribution in [0.15, 0.2) is 6.33 Å². The van der Waals surface area contributed by atoms with Crippen molar-refractivity contribution in [1.29, 1.82) is 0 Å². The van der Waals surface area contributed by atoms with Crippen LogP contribution in [0.25, 0.3) is 0 Å². The highest BCUT2D eigenvalue weighted by molar-refractivity contribution is 5.05. The van der Waals surface area contributed by atoms with Crippen LogP contribution in [-0.4, -0.2) is 44.8 Å². The van der Waals surface area contributed by atoms with E-state index in [1.165, 1.54) is 13.1 Å². The van der Waals surface area contributed by atoms with E-state index in [0.29, 0.717) is 5.92 Å². The maximum atomic E-state index is 4.49. The SMILES string of the molecule is CC(C)Cn1ncnc1CN1CC2CNCC2C1(C)C. The number of likely N-dealkylation sites (tertiary alicyclic amines) is 1. The van der Waals surface area contributed by atoms with Crippen molar-refractivity contribution >= 4 is 0 Å². The van der Waals surface area contributed by atoms with E-state index in [4.69, 9.17) is 0 Å². The quantitative estimate of drug-likeness (QED) is 0.903. The molecule has 0 aromatic carbocycles. The number of fused-ring (bicyclic) bond motifs is 1. The van der Waals surface area contributed by atoms with Crippen LogP contribution >= 0.6 is 0 Å². The number of nitrogens with one attached hydrogen (secondary N) is 1. The molecular formula is C15H27N5. The summed E-state index contributed by atoms with van der Waals surface area (Å²) in [5, 5.41) is 7.92. The maximum absolute atomic E-state index is 4.49. The van der Waals surface area contributed by atoms with Crippen molar-refractivity contribution in [3.8, 4) is 0 Å². The third-order valence-corrected chi connectivity index (χ3v) is 5.08. The molecule has 0 amide bonds. The molecule has 2 saturated heterocycles. The van der Waals surface area contributed by atoms with Crippen LogP contribution in [0.2, 0.25) is 0 Å². The summed E-state index contributed by atoms with van der Waals surface area (Å²) < 4.78 is 2.08. The van der Waals surface area contributed by atoms with Crippen molar-refractivity contribution in [1.82, 2.24) is 25.0 Å². The van der Waals surface area contributed by atoms with Crippen LogP contribution in [0.3, 0.4) is 0 Å². The Morgan fingerprint density at radius 1 is 1.40 bits per heavy atom. The summed E-state index contributed by atoms with van der Waals surface area (Å²) in [4.78, 5) is 7.09. The molecule has 3 rings (SSSR count). The highest BCUT2D eigenvalue weighted by atomic mass is 15.4. The largest absolute Gasteiger partial charge is 0.316 e. The highest BCUT2D eigenvalue weighted by Gasteiger charge is 2.49. The third kappa shape index (κ3) is 2.37.